The number of unbranched alkanes of at least 4 members (excludes halogenated alkanes) is 24. The zero-order valence-corrected chi connectivity index (χ0v) is 33.9. The van der Waals surface area contributed by atoms with Crippen LogP contribution in [0, 0.1) is 0 Å². The van der Waals surface area contributed by atoms with Crippen LogP contribution in [0.25, 0.3) is 0 Å². The first-order chi connectivity index (χ1) is 21.2. The van der Waals surface area contributed by atoms with E-state index in [9.17, 15) is 38.9 Å². The molecule has 0 bridgehead atoms. The van der Waals surface area contributed by atoms with E-state index in [1.165, 1.54) is 116 Å². The molecule has 0 spiro atoms. The Morgan fingerprint density at radius 2 is 0.413 bits per heavy atom. The van der Waals surface area contributed by atoms with Gasteiger partial charge in [-0.05, 0) is 19.3 Å². The summed E-state index contributed by atoms with van der Waals surface area (Å²) in [6.45, 7) is 6.59. The Morgan fingerprint density at radius 3 is 0.543 bits per heavy atom. The van der Waals surface area contributed by atoms with E-state index in [0.29, 0.717) is 19.3 Å². The Labute approximate surface area is 304 Å². The molecule has 0 aliphatic heterocycles. The van der Waals surface area contributed by atoms with Crippen molar-refractivity contribution in [2.45, 2.75) is 194 Å². The van der Waals surface area contributed by atoms with Crippen molar-refractivity contribution in [2.24, 2.45) is 0 Å². The maximum atomic E-state index is 10.3. The van der Waals surface area contributed by atoms with Crippen molar-refractivity contribution in [1.82, 2.24) is 0 Å². The molecular weight excluding hydrogens is 682 g/mol. The summed E-state index contributed by atoms with van der Waals surface area (Å²) in [5.74, 6) is -0.575. The molecule has 46 heavy (non-hydrogen) atoms. The van der Waals surface area contributed by atoms with Crippen LogP contribution in [0.3, 0.4) is 0 Å². The first-order valence-corrected chi connectivity index (χ1v) is 22.7. The molecule has 0 heterocycles. The fraction of sp³-hybridized carbons (Fsp3) is 1.00. The van der Waals surface area contributed by atoms with Crippen molar-refractivity contribution < 1.29 is 64.8 Å². The SMILES string of the molecule is CCCCCCCCCCCS(=O)(=O)[O-].CCCCCCCCCCCS(=O)(=O)[O-].CCCCCCCCCCCS(=O)(=O)[O-].[Sc+3]. The maximum absolute atomic E-state index is 10.3. The van der Waals surface area contributed by atoms with Gasteiger partial charge >= 0.3 is 25.8 Å². The predicted molar refractivity (Wildman–Crippen MR) is 185 cm³/mol. The van der Waals surface area contributed by atoms with E-state index < -0.39 is 30.4 Å². The van der Waals surface area contributed by atoms with Gasteiger partial charge in [0.15, 0.2) is 0 Å². The average Bonchev–Trinajstić information content (AvgIpc) is 2.93. The average molecular weight is 751 g/mol. The summed E-state index contributed by atoms with van der Waals surface area (Å²) in [6, 6.07) is 0. The Hall–Kier alpha value is 0.600. The zero-order chi connectivity index (χ0) is 34.7. The van der Waals surface area contributed by atoms with Crippen molar-refractivity contribution >= 4 is 30.4 Å². The molecule has 276 valence electrons. The van der Waals surface area contributed by atoms with E-state index >= 15 is 0 Å². The summed E-state index contributed by atoms with van der Waals surface area (Å²) >= 11 is 0. The normalized spacial score (nSPS) is 11.6. The number of hydrogen-bond donors (Lipinski definition) is 0. The van der Waals surface area contributed by atoms with Crippen LogP contribution in [0.1, 0.15) is 194 Å². The Kier molecular flexibility index (Phi) is 44.6. The van der Waals surface area contributed by atoms with Crippen LogP contribution in [-0.4, -0.2) is 56.2 Å². The molecule has 0 saturated carbocycles. The maximum Gasteiger partial charge on any atom is 3.00 e. The summed E-state index contributed by atoms with van der Waals surface area (Å²) in [6.07, 6.45) is 30.1. The third-order valence-corrected chi connectivity index (χ3v) is 9.86. The standard InChI is InChI=1S/3C11H24O3S.Sc/c3*1-2-3-4-5-6-7-8-9-10-11-15(12,13)14;/h3*2-11H2,1H3,(H,12,13,14);/q;;;+3/p-3. The second kappa shape index (κ2) is 38.4. The van der Waals surface area contributed by atoms with Crippen LogP contribution in [0.15, 0.2) is 0 Å². The third kappa shape index (κ3) is 63.3. The van der Waals surface area contributed by atoms with E-state index in [1.807, 2.05) is 0 Å². The van der Waals surface area contributed by atoms with Crippen molar-refractivity contribution in [2.75, 3.05) is 17.3 Å². The van der Waals surface area contributed by atoms with Gasteiger partial charge < -0.3 is 13.7 Å². The van der Waals surface area contributed by atoms with E-state index in [-0.39, 0.29) is 43.1 Å². The quantitative estimate of drug-likeness (QED) is 0.0512. The molecule has 0 radical (unpaired) electrons. The van der Waals surface area contributed by atoms with Gasteiger partial charge in [0, 0.05) is 17.3 Å². The van der Waals surface area contributed by atoms with Crippen LogP contribution in [0.2, 0.25) is 0 Å². The molecule has 9 nitrogen and oxygen atoms in total. The fourth-order valence-corrected chi connectivity index (χ4v) is 6.44. The first kappa shape index (κ1) is 53.4. The summed E-state index contributed by atoms with van der Waals surface area (Å²) in [7, 11) is -11.9. The van der Waals surface area contributed by atoms with Gasteiger partial charge in [0.2, 0.25) is 0 Å². The summed E-state index contributed by atoms with van der Waals surface area (Å²) in [5.41, 5.74) is 0. The first-order valence-electron chi connectivity index (χ1n) is 18.0. The summed E-state index contributed by atoms with van der Waals surface area (Å²) in [5, 5.41) is 0. The van der Waals surface area contributed by atoms with E-state index in [1.54, 1.807) is 0 Å². The Balaban J connectivity index is -0.000000285. The molecule has 0 N–H and O–H groups in total. The molecule has 0 aromatic carbocycles. The molecule has 0 unspecified atom stereocenters. The minimum atomic E-state index is -3.98. The third-order valence-electron chi connectivity index (χ3n) is 7.49. The van der Waals surface area contributed by atoms with E-state index in [0.717, 1.165) is 38.5 Å². The molecule has 0 atom stereocenters. The molecule has 0 amide bonds. The van der Waals surface area contributed by atoms with Crippen LogP contribution < -0.4 is 0 Å². The van der Waals surface area contributed by atoms with E-state index in [4.69, 9.17) is 0 Å². The van der Waals surface area contributed by atoms with Crippen molar-refractivity contribution in [3.8, 4) is 0 Å². The van der Waals surface area contributed by atoms with Crippen LogP contribution in [-0.2, 0) is 56.2 Å². The molecule has 13 heteroatoms. The summed E-state index contributed by atoms with van der Waals surface area (Å²) < 4.78 is 92.5. The zero-order valence-electron chi connectivity index (χ0n) is 29.7. The topological polar surface area (TPSA) is 172 Å². The smallest absolute Gasteiger partial charge is 0.748 e. The molecule has 0 aromatic heterocycles. The second-order valence-electron chi connectivity index (χ2n) is 12.3. The minimum Gasteiger partial charge on any atom is -0.748 e. The van der Waals surface area contributed by atoms with Gasteiger partial charge in [-0.15, -0.1) is 0 Å². The molecule has 0 saturated heterocycles. The second-order valence-corrected chi connectivity index (χ2v) is 16.8. The van der Waals surface area contributed by atoms with Crippen molar-refractivity contribution in [1.29, 1.82) is 0 Å². The van der Waals surface area contributed by atoms with Gasteiger partial charge in [-0.1, -0.05) is 175 Å². The van der Waals surface area contributed by atoms with Crippen molar-refractivity contribution in [3.05, 3.63) is 0 Å². The fourth-order valence-electron chi connectivity index (χ4n) is 4.77. The molecule has 0 rings (SSSR count). The largest absolute Gasteiger partial charge is 3.00 e. The van der Waals surface area contributed by atoms with E-state index in [2.05, 4.69) is 20.8 Å². The van der Waals surface area contributed by atoms with Crippen LogP contribution in [0.4, 0.5) is 0 Å². The Bertz CT molecular complexity index is 792. The predicted octanol–water partition coefficient (Wildman–Crippen LogP) is 9.18. The van der Waals surface area contributed by atoms with Crippen LogP contribution >= 0.6 is 0 Å². The monoisotopic (exact) mass is 750 g/mol. The van der Waals surface area contributed by atoms with Gasteiger partial charge in [0.1, 0.15) is 0 Å². The van der Waals surface area contributed by atoms with Gasteiger partial charge in [-0.25, -0.2) is 25.3 Å². The van der Waals surface area contributed by atoms with Gasteiger partial charge in [-0.3, -0.25) is 0 Å². The van der Waals surface area contributed by atoms with Crippen LogP contribution in [0.5, 0.6) is 0 Å². The van der Waals surface area contributed by atoms with Gasteiger partial charge in [0.05, 0.1) is 30.4 Å². The van der Waals surface area contributed by atoms with Gasteiger partial charge in [0.25, 0.3) is 0 Å². The molecule has 0 fully saturated rings. The Morgan fingerprint density at radius 1 is 0.283 bits per heavy atom. The number of hydrogen-bond acceptors (Lipinski definition) is 9. The molecule has 0 aliphatic carbocycles. The molecular formula is C33H69O9S3Sc. The number of rotatable bonds is 30. The minimum absolute atomic E-state index is 0. The molecule has 0 aromatic rings. The van der Waals surface area contributed by atoms with Gasteiger partial charge in [-0.2, -0.15) is 0 Å². The summed E-state index contributed by atoms with van der Waals surface area (Å²) in [4.78, 5) is 0. The van der Waals surface area contributed by atoms with Crippen molar-refractivity contribution in [3.63, 3.8) is 0 Å². The molecule has 0 aliphatic rings.